The molecule has 0 aliphatic rings. The first kappa shape index (κ1) is 15.3. The number of nitrogens with one attached hydrogen (secondary N) is 1. The van der Waals surface area contributed by atoms with Gasteiger partial charge in [-0.25, -0.2) is 17.2 Å². The highest BCUT2D eigenvalue weighted by Gasteiger charge is 2.16. The first-order valence-corrected chi connectivity index (χ1v) is 7.56. The van der Waals surface area contributed by atoms with E-state index in [0.717, 1.165) is 12.1 Å². The fourth-order valence-electron chi connectivity index (χ4n) is 1.56. The van der Waals surface area contributed by atoms with Crippen molar-refractivity contribution in [1.29, 1.82) is 0 Å². The Labute approximate surface area is 125 Å². The second-order valence-electron chi connectivity index (χ2n) is 4.12. The Bertz CT molecular complexity index is 790. The summed E-state index contributed by atoms with van der Waals surface area (Å²) in [4.78, 5) is -0.190. The largest absolute Gasteiger partial charge is 0.389 e. The van der Waals surface area contributed by atoms with Crippen LogP contribution in [0.1, 0.15) is 5.56 Å². The van der Waals surface area contributed by atoms with Crippen molar-refractivity contribution in [3.8, 4) is 0 Å². The van der Waals surface area contributed by atoms with Gasteiger partial charge in [0.25, 0.3) is 10.0 Å². The van der Waals surface area contributed by atoms with E-state index >= 15 is 0 Å². The van der Waals surface area contributed by atoms with E-state index in [-0.39, 0.29) is 15.6 Å². The van der Waals surface area contributed by atoms with Gasteiger partial charge < -0.3 is 5.73 Å². The molecule has 0 aliphatic carbocycles. The summed E-state index contributed by atoms with van der Waals surface area (Å²) < 4.78 is 52.2. The Balaban J connectivity index is 2.28. The van der Waals surface area contributed by atoms with E-state index in [2.05, 4.69) is 4.72 Å². The van der Waals surface area contributed by atoms with E-state index in [4.69, 9.17) is 18.0 Å². The summed E-state index contributed by atoms with van der Waals surface area (Å²) in [6.45, 7) is 0. The fourth-order valence-corrected chi connectivity index (χ4v) is 2.77. The number of benzene rings is 2. The molecule has 0 unspecified atom stereocenters. The molecular weight excluding hydrogens is 318 g/mol. The topological polar surface area (TPSA) is 72.2 Å². The third-order valence-electron chi connectivity index (χ3n) is 2.62. The van der Waals surface area contributed by atoms with Gasteiger partial charge in [0.15, 0.2) is 11.6 Å². The molecule has 0 atom stereocenters. The SMILES string of the molecule is NC(=S)c1ccc(NS(=O)(=O)c2ccc(F)c(F)c2)cc1. The Morgan fingerprint density at radius 3 is 2.19 bits per heavy atom. The van der Waals surface area contributed by atoms with Crippen LogP contribution in [0.15, 0.2) is 47.4 Å². The lowest BCUT2D eigenvalue weighted by atomic mass is 10.2. The Morgan fingerprint density at radius 1 is 1.05 bits per heavy atom. The van der Waals surface area contributed by atoms with Crippen molar-refractivity contribution in [2.24, 2.45) is 5.73 Å². The van der Waals surface area contributed by atoms with Gasteiger partial charge in [-0.2, -0.15) is 0 Å². The van der Waals surface area contributed by atoms with Gasteiger partial charge in [0, 0.05) is 11.3 Å². The third kappa shape index (κ3) is 3.53. The van der Waals surface area contributed by atoms with Crippen LogP contribution in [0.4, 0.5) is 14.5 Å². The first-order valence-electron chi connectivity index (χ1n) is 5.67. The van der Waals surface area contributed by atoms with E-state index in [1.165, 1.54) is 12.1 Å². The number of rotatable bonds is 4. The standard InChI is InChI=1S/C13H10F2N2O2S2/c14-11-6-5-10(7-12(11)15)21(18,19)17-9-3-1-8(2-4-9)13(16)20/h1-7,17H,(H2,16,20). The second-order valence-corrected chi connectivity index (χ2v) is 6.25. The number of sulfonamides is 1. The monoisotopic (exact) mass is 328 g/mol. The van der Waals surface area contributed by atoms with Crippen molar-refractivity contribution < 1.29 is 17.2 Å². The van der Waals surface area contributed by atoms with Gasteiger partial charge in [-0.1, -0.05) is 12.2 Å². The van der Waals surface area contributed by atoms with Crippen molar-refractivity contribution in [3.05, 3.63) is 59.7 Å². The molecule has 0 bridgehead atoms. The van der Waals surface area contributed by atoms with Crippen LogP contribution in [-0.4, -0.2) is 13.4 Å². The van der Waals surface area contributed by atoms with Gasteiger partial charge in [0.05, 0.1) is 4.90 Å². The summed E-state index contributed by atoms with van der Waals surface area (Å²) in [5, 5.41) is 0. The number of anilines is 1. The number of nitrogens with two attached hydrogens (primary N) is 1. The molecule has 0 radical (unpaired) electrons. The van der Waals surface area contributed by atoms with Crippen molar-refractivity contribution in [2.45, 2.75) is 4.90 Å². The van der Waals surface area contributed by atoms with E-state index in [1.54, 1.807) is 12.1 Å². The summed E-state index contributed by atoms with van der Waals surface area (Å²) >= 11 is 4.78. The van der Waals surface area contributed by atoms with Gasteiger partial charge in [-0.15, -0.1) is 0 Å². The minimum Gasteiger partial charge on any atom is -0.389 e. The van der Waals surface area contributed by atoms with Crippen LogP contribution in [0.3, 0.4) is 0 Å². The highest BCUT2D eigenvalue weighted by molar-refractivity contribution is 7.92. The lowest BCUT2D eigenvalue weighted by Gasteiger charge is -2.09. The normalized spacial score (nSPS) is 11.1. The average Bonchev–Trinajstić information content (AvgIpc) is 2.42. The molecule has 0 saturated carbocycles. The number of thiocarbonyl (C=S) groups is 1. The van der Waals surface area contributed by atoms with Gasteiger partial charge in [-0.05, 0) is 42.5 Å². The fraction of sp³-hybridized carbons (Fsp3) is 0. The molecule has 0 spiro atoms. The molecule has 110 valence electrons. The zero-order valence-corrected chi connectivity index (χ0v) is 12.1. The molecule has 4 nitrogen and oxygen atoms in total. The average molecular weight is 328 g/mol. The number of halogens is 2. The molecule has 0 fully saturated rings. The number of hydrogen-bond donors (Lipinski definition) is 2. The Morgan fingerprint density at radius 2 is 1.67 bits per heavy atom. The van der Waals surface area contributed by atoms with Crippen molar-refractivity contribution in [1.82, 2.24) is 0 Å². The molecule has 2 aromatic rings. The maximum absolute atomic E-state index is 13.1. The first-order chi connectivity index (χ1) is 9.79. The van der Waals surface area contributed by atoms with Crippen LogP contribution >= 0.6 is 12.2 Å². The van der Waals surface area contributed by atoms with Crippen LogP contribution in [0.5, 0.6) is 0 Å². The maximum Gasteiger partial charge on any atom is 0.261 e. The zero-order chi connectivity index (χ0) is 15.6. The maximum atomic E-state index is 13.1. The van der Waals surface area contributed by atoms with Gasteiger partial charge in [-0.3, -0.25) is 4.72 Å². The lowest BCUT2D eigenvalue weighted by molar-refractivity contribution is 0.504. The highest BCUT2D eigenvalue weighted by Crippen LogP contribution is 2.18. The van der Waals surface area contributed by atoms with Crippen LogP contribution in [-0.2, 0) is 10.0 Å². The Hall–Kier alpha value is -2.06. The van der Waals surface area contributed by atoms with Crippen molar-refractivity contribution in [2.75, 3.05) is 4.72 Å². The molecule has 21 heavy (non-hydrogen) atoms. The lowest BCUT2D eigenvalue weighted by Crippen LogP contribution is -2.14. The molecule has 0 aromatic heterocycles. The van der Waals surface area contributed by atoms with Crippen LogP contribution < -0.4 is 10.5 Å². The Kier molecular flexibility index (Phi) is 4.19. The molecule has 0 aliphatic heterocycles. The van der Waals surface area contributed by atoms with Crippen LogP contribution in [0, 0.1) is 11.6 Å². The summed E-state index contributed by atoms with van der Waals surface area (Å²) in [5.41, 5.74) is 6.26. The summed E-state index contributed by atoms with van der Waals surface area (Å²) in [6, 6.07) is 8.36. The van der Waals surface area contributed by atoms with Gasteiger partial charge >= 0.3 is 0 Å². The van der Waals surface area contributed by atoms with Gasteiger partial charge in [0.1, 0.15) is 4.99 Å². The molecular formula is C13H10F2N2O2S2. The molecule has 8 heteroatoms. The molecule has 2 aromatic carbocycles. The molecule has 2 rings (SSSR count). The number of hydrogen-bond acceptors (Lipinski definition) is 3. The zero-order valence-electron chi connectivity index (χ0n) is 10.5. The van der Waals surface area contributed by atoms with E-state index in [1.807, 2.05) is 0 Å². The van der Waals surface area contributed by atoms with Crippen LogP contribution in [0.25, 0.3) is 0 Å². The van der Waals surface area contributed by atoms with Crippen molar-refractivity contribution in [3.63, 3.8) is 0 Å². The quantitative estimate of drug-likeness (QED) is 0.846. The molecule has 0 saturated heterocycles. The highest BCUT2D eigenvalue weighted by atomic mass is 32.2. The summed E-state index contributed by atoms with van der Waals surface area (Å²) in [6.07, 6.45) is 0. The molecule has 3 N–H and O–H groups in total. The van der Waals surface area contributed by atoms with Crippen molar-refractivity contribution >= 4 is 32.9 Å². The van der Waals surface area contributed by atoms with Gasteiger partial charge in [0.2, 0.25) is 0 Å². The predicted molar refractivity (Wildman–Crippen MR) is 79.5 cm³/mol. The summed E-state index contributed by atoms with van der Waals surface area (Å²) in [5.74, 6) is -2.35. The van der Waals surface area contributed by atoms with E-state index in [0.29, 0.717) is 11.6 Å². The third-order valence-corrected chi connectivity index (χ3v) is 4.24. The predicted octanol–water partition coefficient (Wildman–Crippen LogP) is 2.40. The summed E-state index contributed by atoms with van der Waals surface area (Å²) in [7, 11) is -4.01. The minimum absolute atomic E-state index is 0.185. The second kappa shape index (κ2) is 5.74. The van der Waals surface area contributed by atoms with E-state index in [9.17, 15) is 17.2 Å². The smallest absolute Gasteiger partial charge is 0.261 e. The minimum atomic E-state index is -4.01. The van der Waals surface area contributed by atoms with Crippen LogP contribution in [0.2, 0.25) is 0 Å². The molecule has 0 heterocycles. The molecule has 0 amide bonds. The van der Waals surface area contributed by atoms with E-state index < -0.39 is 21.7 Å².